The Kier molecular flexibility index (Phi) is 6.58. The third-order valence-corrected chi connectivity index (χ3v) is 6.02. The lowest BCUT2D eigenvalue weighted by atomic mass is 9.89. The Morgan fingerprint density at radius 1 is 1.17 bits per heavy atom. The first-order valence-corrected chi connectivity index (χ1v) is 11.1. The second kappa shape index (κ2) is 9.71. The van der Waals surface area contributed by atoms with Crippen molar-refractivity contribution in [3.05, 3.63) is 48.8 Å². The molecule has 1 fully saturated rings. The number of anilines is 1. The van der Waals surface area contributed by atoms with E-state index >= 15 is 0 Å². The van der Waals surface area contributed by atoms with Gasteiger partial charge >= 0.3 is 6.01 Å². The molecule has 1 aliphatic carbocycles. The second-order valence-electron chi connectivity index (χ2n) is 7.19. The van der Waals surface area contributed by atoms with Crippen molar-refractivity contribution in [1.82, 2.24) is 25.0 Å². The molecule has 0 aliphatic heterocycles. The van der Waals surface area contributed by atoms with Gasteiger partial charge in [-0.1, -0.05) is 60.4 Å². The molecule has 0 spiro atoms. The summed E-state index contributed by atoms with van der Waals surface area (Å²) in [5.74, 6) is 1.73. The van der Waals surface area contributed by atoms with Crippen molar-refractivity contribution in [2.75, 3.05) is 11.1 Å². The number of aromatic nitrogens is 5. The highest BCUT2D eigenvalue weighted by atomic mass is 32.2. The van der Waals surface area contributed by atoms with E-state index in [1.807, 2.05) is 36.4 Å². The van der Waals surface area contributed by atoms with Crippen molar-refractivity contribution >= 4 is 23.7 Å². The third-order valence-electron chi connectivity index (χ3n) is 5.05. The molecular formula is C21H24N6O2S. The summed E-state index contributed by atoms with van der Waals surface area (Å²) in [6, 6.07) is 9.49. The topological polar surface area (TPSA) is 98.7 Å². The van der Waals surface area contributed by atoms with E-state index in [9.17, 15) is 4.79 Å². The molecule has 0 bridgehead atoms. The molecule has 9 heteroatoms. The maximum atomic E-state index is 12.4. The molecule has 30 heavy (non-hydrogen) atoms. The molecule has 3 aromatic rings. The number of benzene rings is 1. The molecule has 0 radical (unpaired) electrons. The van der Waals surface area contributed by atoms with Crippen molar-refractivity contribution in [1.29, 1.82) is 0 Å². The average Bonchev–Trinajstić information content (AvgIpc) is 3.41. The minimum absolute atomic E-state index is 0.0786. The van der Waals surface area contributed by atoms with E-state index in [-0.39, 0.29) is 17.7 Å². The highest BCUT2D eigenvalue weighted by Crippen LogP contribution is 2.33. The van der Waals surface area contributed by atoms with Gasteiger partial charge in [0.1, 0.15) is 5.82 Å². The Labute approximate surface area is 179 Å². The van der Waals surface area contributed by atoms with Gasteiger partial charge in [-0.2, -0.15) is 0 Å². The fraction of sp³-hybridized carbons (Fsp3) is 0.381. The summed E-state index contributed by atoms with van der Waals surface area (Å²) in [5.41, 5.74) is 0.799. The first-order valence-electron chi connectivity index (χ1n) is 10.1. The lowest BCUT2D eigenvalue weighted by Gasteiger charge is -2.21. The monoisotopic (exact) mass is 424 g/mol. The molecule has 156 valence electrons. The minimum atomic E-state index is -0.240. The number of rotatable bonds is 8. The lowest BCUT2D eigenvalue weighted by Crippen LogP contribution is -2.15. The summed E-state index contributed by atoms with van der Waals surface area (Å²) < 4.78 is 7.60. The van der Waals surface area contributed by atoms with E-state index in [1.54, 1.807) is 0 Å². The van der Waals surface area contributed by atoms with Crippen LogP contribution in [0.2, 0.25) is 0 Å². The van der Waals surface area contributed by atoms with Gasteiger partial charge in [-0.3, -0.25) is 10.1 Å². The maximum Gasteiger partial charge on any atom is 0.322 e. The van der Waals surface area contributed by atoms with Crippen molar-refractivity contribution in [3.63, 3.8) is 0 Å². The number of thioether (sulfide) groups is 1. The molecule has 1 amide bonds. The molecule has 1 aliphatic rings. The summed E-state index contributed by atoms with van der Waals surface area (Å²) in [5, 5.41) is 20.0. The van der Waals surface area contributed by atoms with Crippen LogP contribution in [0.3, 0.4) is 0 Å². The highest BCUT2D eigenvalue weighted by Gasteiger charge is 2.23. The zero-order valence-electron chi connectivity index (χ0n) is 16.7. The zero-order valence-corrected chi connectivity index (χ0v) is 17.5. The van der Waals surface area contributed by atoms with Crippen LogP contribution in [0.15, 0.2) is 52.6 Å². The molecule has 2 aromatic heterocycles. The van der Waals surface area contributed by atoms with Gasteiger partial charge in [-0.15, -0.1) is 21.9 Å². The number of amides is 1. The maximum absolute atomic E-state index is 12.4. The van der Waals surface area contributed by atoms with Gasteiger partial charge in [0.05, 0.1) is 5.75 Å². The van der Waals surface area contributed by atoms with Crippen molar-refractivity contribution in [3.8, 4) is 11.5 Å². The average molecular weight is 425 g/mol. The van der Waals surface area contributed by atoms with Gasteiger partial charge in [0, 0.05) is 18.0 Å². The van der Waals surface area contributed by atoms with E-state index in [2.05, 4.69) is 36.9 Å². The van der Waals surface area contributed by atoms with Crippen molar-refractivity contribution < 1.29 is 9.21 Å². The van der Waals surface area contributed by atoms with E-state index < -0.39 is 0 Å². The smallest absolute Gasteiger partial charge is 0.322 e. The Balaban J connectivity index is 1.37. The number of nitrogens with one attached hydrogen (secondary N) is 1. The molecule has 1 aromatic carbocycles. The second-order valence-corrected chi connectivity index (χ2v) is 8.13. The van der Waals surface area contributed by atoms with Crippen LogP contribution in [0.5, 0.6) is 0 Å². The molecule has 0 atom stereocenters. The Bertz CT molecular complexity index is 994. The van der Waals surface area contributed by atoms with Crippen LogP contribution in [0.4, 0.5) is 6.01 Å². The van der Waals surface area contributed by atoms with Gasteiger partial charge < -0.3 is 8.98 Å². The summed E-state index contributed by atoms with van der Waals surface area (Å²) in [6.07, 6.45) is 7.86. The van der Waals surface area contributed by atoms with E-state index in [0.717, 1.165) is 29.4 Å². The summed E-state index contributed by atoms with van der Waals surface area (Å²) in [7, 11) is 0. The highest BCUT2D eigenvalue weighted by molar-refractivity contribution is 7.99. The molecule has 0 unspecified atom stereocenters. The Morgan fingerprint density at radius 2 is 1.97 bits per heavy atom. The quantitative estimate of drug-likeness (QED) is 0.425. The fourth-order valence-corrected chi connectivity index (χ4v) is 4.38. The Morgan fingerprint density at radius 3 is 2.73 bits per heavy atom. The minimum Gasteiger partial charge on any atom is -0.403 e. The molecular weight excluding hydrogens is 400 g/mol. The predicted molar refractivity (Wildman–Crippen MR) is 115 cm³/mol. The summed E-state index contributed by atoms with van der Waals surface area (Å²) in [4.78, 5) is 12.4. The molecule has 2 heterocycles. The molecule has 1 N–H and O–H groups in total. The molecule has 4 rings (SSSR count). The Hall–Kier alpha value is -2.94. The van der Waals surface area contributed by atoms with E-state index in [4.69, 9.17) is 4.42 Å². The molecule has 8 nitrogen and oxygen atoms in total. The van der Waals surface area contributed by atoms with Gasteiger partial charge in [0.15, 0.2) is 5.16 Å². The number of hydrogen-bond donors (Lipinski definition) is 1. The van der Waals surface area contributed by atoms with E-state index in [1.165, 1.54) is 31.0 Å². The molecule has 0 saturated heterocycles. The van der Waals surface area contributed by atoms with Gasteiger partial charge in [-0.25, -0.2) is 0 Å². The normalized spacial score (nSPS) is 14.5. The van der Waals surface area contributed by atoms with Gasteiger partial charge in [0.2, 0.25) is 11.8 Å². The largest absolute Gasteiger partial charge is 0.403 e. The summed E-state index contributed by atoms with van der Waals surface area (Å²) in [6.45, 7) is 4.48. The van der Waals surface area contributed by atoms with Gasteiger partial charge in [-0.05, 0) is 25.0 Å². The molecule has 1 saturated carbocycles. The first-order chi connectivity index (χ1) is 14.7. The van der Waals surface area contributed by atoms with Crippen LogP contribution in [0, 0.1) is 0 Å². The van der Waals surface area contributed by atoms with Crippen LogP contribution in [0.25, 0.3) is 11.5 Å². The number of hydrogen-bond acceptors (Lipinski definition) is 7. The van der Waals surface area contributed by atoms with Crippen LogP contribution >= 0.6 is 11.8 Å². The van der Waals surface area contributed by atoms with Crippen LogP contribution in [0.1, 0.15) is 43.8 Å². The lowest BCUT2D eigenvalue weighted by molar-refractivity contribution is -0.113. The SMILES string of the molecule is C=CCn1c(SCC(=O)Nc2nnc(-c3ccccc3)o2)nnc1C1CCCCC1. The number of carbonyl (C=O) groups excluding carboxylic acids is 1. The van der Waals surface area contributed by atoms with Crippen molar-refractivity contribution in [2.45, 2.75) is 49.7 Å². The first kappa shape index (κ1) is 20.3. The standard InChI is InChI=1S/C21H24N6O2S/c1-2-13-27-18(15-9-5-3-6-10-15)23-26-21(27)30-14-17(28)22-20-25-24-19(29-20)16-11-7-4-8-12-16/h2,4,7-8,11-12,15H,1,3,5-6,9-10,13-14H2,(H,22,25,28). The summed E-state index contributed by atoms with van der Waals surface area (Å²) >= 11 is 1.34. The van der Waals surface area contributed by atoms with Crippen molar-refractivity contribution in [2.24, 2.45) is 0 Å². The fourth-order valence-electron chi connectivity index (χ4n) is 3.63. The van der Waals surface area contributed by atoms with E-state index in [0.29, 0.717) is 18.4 Å². The predicted octanol–water partition coefficient (Wildman–Crippen LogP) is 4.29. The van der Waals surface area contributed by atoms with Crippen LogP contribution < -0.4 is 5.32 Å². The number of allylic oxidation sites excluding steroid dienone is 1. The van der Waals surface area contributed by atoms with Crippen LogP contribution in [-0.2, 0) is 11.3 Å². The van der Waals surface area contributed by atoms with Gasteiger partial charge in [0.25, 0.3) is 0 Å². The zero-order chi connectivity index (χ0) is 20.8. The number of carbonyl (C=O) groups is 1. The van der Waals surface area contributed by atoms with Crippen LogP contribution in [-0.4, -0.2) is 36.6 Å². The third kappa shape index (κ3) is 4.79. The number of nitrogens with zero attached hydrogens (tertiary/aromatic N) is 5.